The first-order chi connectivity index (χ1) is 9.19. The lowest BCUT2D eigenvalue weighted by molar-refractivity contribution is 0.0771. The number of para-hydroxylation sites is 1. The van der Waals surface area contributed by atoms with Crippen LogP contribution in [0.5, 0.6) is 0 Å². The van der Waals surface area contributed by atoms with E-state index in [0.29, 0.717) is 12.2 Å². The highest BCUT2D eigenvalue weighted by atomic mass is 16.2. The molecule has 1 amide bonds. The van der Waals surface area contributed by atoms with Gasteiger partial charge in [-0.25, -0.2) is 0 Å². The predicted octanol–water partition coefficient (Wildman–Crippen LogP) is 1.95. The van der Waals surface area contributed by atoms with Crippen LogP contribution in [0.1, 0.15) is 23.8 Å². The van der Waals surface area contributed by atoms with Crippen LogP contribution in [-0.2, 0) is 7.05 Å². The molecule has 5 heteroatoms. The minimum Gasteiger partial charge on any atom is -0.324 e. The summed E-state index contributed by atoms with van der Waals surface area (Å²) >= 11 is 0. The molecule has 0 N–H and O–H groups in total. The second-order valence-corrected chi connectivity index (χ2v) is 4.37. The van der Waals surface area contributed by atoms with E-state index in [1.807, 2.05) is 44.3 Å². The minimum atomic E-state index is -0.180. The topological polar surface area (TPSA) is 61.9 Å². The van der Waals surface area contributed by atoms with E-state index in [0.717, 1.165) is 17.3 Å². The summed E-state index contributed by atoms with van der Waals surface area (Å²) in [5.74, 6) is -0.180. The molecule has 0 radical (unpaired) electrons. The molecule has 2 rings (SSSR count). The molecule has 0 aliphatic carbocycles. The third-order valence-electron chi connectivity index (χ3n) is 3.00. The van der Waals surface area contributed by atoms with Gasteiger partial charge >= 0.3 is 0 Å². The molecule has 19 heavy (non-hydrogen) atoms. The number of nitrogens with zero attached hydrogens (tertiary/aromatic N) is 4. The van der Waals surface area contributed by atoms with Crippen LogP contribution in [-0.4, -0.2) is 33.7 Å². The SMILES string of the molecule is CCCN(CC#N)C(=O)c1nn(C)c2ccccc12. The van der Waals surface area contributed by atoms with Gasteiger partial charge in [-0.15, -0.1) is 0 Å². The molecule has 1 heterocycles. The molecule has 0 saturated heterocycles. The number of carbonyl (C=O) groups is 1. The van der Waals surface area contributed by atoms with Crippen molar-refractivity contribution in [2.24, 2.45) is 7.05 Å². The normalized spacial score (nSPS) is 10.4. The first-order valence-electron chi connectivity index (χ1n) is 6.27. The Bertz CT molecular complexity index is 638. The van der Waals surface area contributed by atoms with E-state index < -0.39 is 0 Å². The van der Waals surface area contributed by atoms with Gasteiger partial charge in [-0.3, -0.25) is 9.48 Å². The fourth-order valence-corrected chi connectivity index (χ4v) is 2.13. The molecule has 0 unspecified atom stereocenters. The summed E-state index contributed by atoms with van der Waals surface area (Å²) in [6, 6.07) is 9.63. The Hall–Kier alpha value is -2.35. The minimum absolute atomic E-state index is 0.0948. The summed E-state index contributed by atoms with van der Waals surface area (Å²) in [4.78, 5) is 14.0. The highest BCUT2D eigenvalue weighted by Crippen LogP contribution is 2.18. The maximum Gasteiger partial charge on any atom is 0.275 e. The van der Waals surface area contributed by atoms with Gasteiger partial charge in [0.25, 0.3) is 5.91 Å². The van der Waals surface area contributed by atoms with Crippen LogP contribution in [0.4, 0.5) is 0 Å². The molecule has 0 saturated carbocycles. The lowest BCUT2D eigenvalue weighted by Gasteiger charge is -2.17. The van der Waals surface area contributed by atoms with Gasteiger partial charge in [0.05, 0.1) is 11.6 Å². The molecule has 1 aromatic heterocycles. The first-order valence-corrected chi connectivity index (χ1v) is 6.27. The van der Waals surface area contributed by atoms with Crippen molar-refractivity contribution in [1.82, 2.24) is 14.7 Å². The van der Waals surface area contributed by atoms with Gasteiger partial charge in [0.1, 0.15) is 6.54 Å². The molecule has 2 aromatic rings. The standard InChI is InChI=1S/C14H16N4O/c1-3-9-18(10-8-15)14(19)13-11-6-4-5-7-12(11)17(2)16-13/h4-7H,3,9-10H2,1-2H3. The highest BCUT2D eigenvalue weighted by molar-refractivity contribution is 6.04. The van der Waals surface area contributed by atoms with Crippen LogP contribution in [0.25, 0.3) is 10.9 Å². The number of nitriles is 1. The van der Waals surface area contributed by atoms with Crippen molar-refractivity contribution >= 4 is 16.8 Å². The average molecular weight is 256 g/mol. The quantitative estimate of drug-likeness (QED) is 0.785. The second kappa shape index (κ2) is 5.53. The van der Waals surface area contributed by atoms with Crippen molar-refractivity contribution in [1.29, 1.82) is 5.26 Å². The molecular weight excluding hydrogens is 240 g/mol. The van der Waals surface area contributed by atoms with Gasteiger partial charge in [-0.2, -0.15) is 10.4 Å². The van der Waals surface area contributed by atoms with Gasteiger partial charge in [0.15, 0.2) is 5.69 Å². The Labute approximate surface area is 112 Å². The van der Waals surface area contributed by atoms with Crippen LogP contribution < -0.4 is 0 Å². The van der Waals surface area contributed by atoms with Crippen molar-refractivity contribution in [3.8, 4) is 6.07 Å². The fourth-order valence-electron chi connectivity index (χ4n) is 2.13. The van der Waals surface area contributed by atoms with Gasteiger partial charge in [0.2, 0.25) is 0 Å². The molecule has 1 aromatic carbocycles. The summed E-state index contributed by atoms with van der Waals surface area (Å²) in [5.41, 5.74) is 1.33. The average Bonchev–Trinajstić information content (AvgIpc) is 2.76. The largest absolute Gasteiger partial charge is 0.324 e. The number of amides is 1. The molecule has 0 spiro atoms. The van der Waals surface area contributed by atoms with Gasteiger partial charge in [-0.05, 0) is 12.5 Å². The third-order valence-corrected chi connectivity index (χ3v) is 3.00. The zero-order valence-electron chi connectivity index (χ0n) is 11.1. The summed E-state index contributed by atoms with van der Waals surface area (Å²) in [5, 5.41) is 13.9. The molecular formula is C14H16N4O. The van der Waals surface area contributed by atoms with Crippen molar-refractivity contribution in [3.05, 3.63) is 30.0 Å². The van der Waals surface area contributed by atoms with Crippen LogP contribution in [0.15, 0.2) is 24.3 Å². The van der Waals surface area contributed by atoms with E-state index in [9.17, 15) is 4.79 Å². The Morgan fingerprint density at radius 1 is 1.47 bits per heavy atom. The Morgan fingerprint density at radius 2 is 2.21 bits per heavy atom. The zero-order chi connectivity index (χ0) is 13.8. The smallest absolute Gasteiger partial charge is 0.275 e. The van der Waals surface area contributed by atoms with Gasteiger partial charge in [0, 0.05) is 19.0 Å². The second-order valence-electron chi connectivity index (χ2n) is 4.37. The predicted molar refractivity (Wildman–Crippen MR) is 72.5 cm³/mol. The van der Waals surface area contributed by atoms with Crippen molar-refractivity contribution in [2.45, 2.75) is 13.3 Å². The molecule has 98 valence electrons. The molecule has 0 bridgehead atoms. The third kappa shape index (κ3) is 2.43. The molecule has 0 fully saturated rings. The first kappa shape index (κ1) is 13.1. The van der Waals surface area contributed by atoms with E-state index in [1.54, 1.807) is 4.68 Å². The Morgan fingerprint density at radius 3 is 2.89 bits per heavy atom. The molecule has 5 nitrogen and oxygen atoms in total. The number of aromatic nitrogens is 2. The monoisotopic (exact) mass is 256 g/mol. The van der Waals surface area contributed by atoms with Crippen molar-refractivity contribution < 1.29 is 4.79 Å². The summed E-state index contributed by atoms with van der Waals surface area (Å²) < 4.78 is 1.69. The fraction of sp³-hybridized carbons (Fsp3) is 0.357. The number of benzene rings is 1. The van der Waals surface area contributed by atoms with Crippen molar-refractivity contribution in [3.63, 3.8) is 0 Å². The lowest BCUT2D eigenvalue weighted by Crippen LogP contribution is -2.32. The summed E-state index contributed by atoms with van der Waals surface area (Å²) in [7, 11) is 1.81. The highest BCUT2D eigenvalue weighted by Gasteiger charge is 2.21. The number of hydrogen-bond acceptors (Lipinski definition) is 3. The van der Waals surface area contributed by atoms with Crippen LogP contribution in [0.3, 0.4) is 0 Å². The molecule has 0 atom stereocenters. The number of carbonyl (C=O) groups excluding carboxylic acids is 1. The van der Waals surface area contributed by atoms with Crippen LogP contribution in [0, 0.1) is 11.3 Å². The molecule has 0 aliphatic heterocycles. The van der Waals surface area contributed by atoms with E-state index >= 15 is 0 Å². The van der Waals surface area contributed by atoms with Gasteiger partial charge in [-0.1, -0.05) is 25.1 Å². The van der Waals surface area contributed by atoms with E-state index in [-0.39, 0.29) is 12.5 Å². The maximum atomic E-state index is 12.5. The number of rotatable bonds is 4. The van der Waals surface area contributed by atoms with Gasteiger partial charge < -0.3 is 4.90 Å². The Balaban J connectivity index is 2.43. The van der Waals surface area contributed by atoms with E-state index in [4.69, 9.17) is 5.26 Å². The summed E-state index contributed by atoms with van der Waals surface area (Å²) in [6.45, 7) is 2.64. The molecule has 0 aliphatic rings. The van der Waals surface area contributed by atoms with Crippen LogP contribution in [0.2, 0.25) is 0 Å². The van der Waals surface area contributed by atoms with E-state index in [1.165, 1.54) is 4.90 Å². The maximum absolute atomic E-state index is 12.5. The Kier molecular flexibility index (Phi) is 3.81. The summed E-state index contributed by atoms with van der Waals surface area (Å²) in [6.07, 6.45) is 0.818. The zero-order valence-corrected chi connectivity index (χ0v) is 11.1. The van der Waals surface area contributed by atoms with Crippen molar-refractivity contribution in [2.75, 3.05) is 13.1 Å². The number of aryl methyl sites for hydroxylation is 1. The van der Waals surface area contributed by atoms with E-state index in [2.05, 4.69) is 5.10 Å². The number of fused-ring (bicyclic) bond motifs is 1. The number of hydrogen-bond donors (Lipinski definition) is 0. The lowest BCUT2D eigenvalue weighted by atomic mass is 10.2. The van der Waals surface area contributed by atoms with Crippen LogP contribution >= 0.6 is 0 Å².